The molecule has 1 aliphatic heterocycles. The molecule has 1 aromatic carbocycles. The summed E-state index contributed by atoms with van der Waals surface area (Å²) in [6.45, 7) is 4.65. The fourth-order valence-corrected chi connectivity index (χ4v) is 4.08. The maximum atomic E-state index is 13.1. The van der Waals surface area contributed by atoms with Gasteiger partial charge in [0, 0.05) is 25.0 Å². The number of imidazole rings is 1. The number of nitrogens with one attached hydrogen (secondary N) is 1. The zero-order valence-electron chi connectivity index (χ0n) is 17.4. The molecule has 1 fully saturated rings. The van der Waals surface area contributed by atoms with Gasteiger partial charge in [-0.3, -0.25) is 9.59 Å². The minimum Gasteiger partial charge on any atom is -0.388 e. The van der Waals surface area contributed by atoms with Gasteiger partial charge in [-0.25, -0.2) is 4.98 Å². The Morgan fingerprint density at radius 3 is 2.83 bits per heavy atom. The molecule has 0 radical (unpaired) electrons. The highest BCUT2D eigenvalue weighted by Crippen LogP contribution is 2.21. The van der Waals surface area contributed by atoms with Gasteiger partial charge in [0.25, 0.3) is 11.5 Å². The maximum absolute atomic E-state index is 13.1. The van der Waals surface area contributed by atoms with Crippen molar-refractivity contribution in [1.82, 2.24) is 14.1 Å². The van der Waals surface area contributed by atoms with Crippen molar-refractivity contribution in [3.05, 3.63) is 57.3 Å². The summed E-state index contributed by atoms with van der Waals surface area (Å²) in [5.41, 5.74) is 3.34. The third-order valence-electron chi connectivity index (χ3n) is 5.71. The van der Waals surface area contributed by atoms with Gasteiger partial charge in [0.1, 0.15) is 18.0 Å². The van der Waals surface area contributed by atoms with E-state index in [0.717, 1.165) is 24.1 Å². The molecule has 1 aliphatic rings. The van der Waals surface area contributed by atoms with Crippen molar-refractivity contribution in [3.63, 3.8) is 0 Å². The number of carbonyl (C=O) groups excluding carboxylic acids is 1. The number of aliphatic hydroxyl groups is 1. The molecule has 30 heavy (non-hydrogen) atoms. The molecule has 1 unspecified atom stereocenters. The highest BCUT2D eigenvalue weighted by atomic mass is 16.5. The third-order valence-corrected chi connectivity index (χ3v) is 5.71. The first kappa shape index (κ1) is 20.3. The lowest BCUT2D eigenvalue weighted by Crippen LogP contribution is -2.34. The molecule has 1 atom stereocenters. The zero-order chi connectivity index (χ0) is 21.4. The van der Waals surface area contributed by atoms with E-state index in [4.69, 9.17) is 4.74 Å². The summed E-state index contributed by atoms with van der Waals surface area (Å²) < 4.78 is 9.10. The Bertz CT molecular complexity index is 1170. The average Bonchev–Trinajstić information content (AvgIpc) is 3.32. The molecular weight excluding hydrogens is 384 g/mol. The van der Waals surface area contributed by atoms with E-state index in [9.17, 15) is 14.7 Å². The first-order valence-electron chi connectivity index (χ1n) is 10.1. The zero-order valence-corrected chi connectivity index (χ0v) is 17.4. The van der Waals surface area contributed by atoms with Crippen LogP contribution >= 0.6 is 0 Å². The van der Waals surface area contributed by atoms with Crippen molar-refractivity contribution < 1.29 is 14.6 Å². The largest absolute Gasteiger partial charge is 0.388 e. The number of carbonyl (C=O) groups is 1. The number of aliphatic hydroxyl groups excluding tert-OH is 1. The van der Waals surface area contributed by atoms with Crippen LogP contribution in [0.5, 0.6) is 0 Å². The second-order valence-corrected chi connectivity index (χ2v) is 7.80. The second kappa shape index (κ2) is 8.04. The fourth-order valence-electron chi connectivity index (χ4n) is 4.08. The van der Waals surface area contributed by atoms with Gasteiger partial charge in [0.05, 0.1) is 23.7 Å². The Hall–Kier alpha value is -2.97. The molecule has 2 aromatic heterocycles. The normalized spacial score (nSPS) is 16.3. The van der Waals surface area contributed by atoms with Crippen LogP contribution < -0.4 is 10.9 Å². The van der Waals surface area contributed by atoms with Crippen LogP contribution in [0.4, 0.5) is 5.69 Å². The van der Waals surface area contributed by atoms with Gasteiger partial charge in [0.15, 0.2) is 0 Å². The fraction of sp³-hybridized carbons (Fsp3) is 0.409. The summed E-state index contributed by atoms with van der Waals surface area (Å²) in [7, 11) is 1.82. The van der Waals surface area contributed by atoms with E-state index in [0.29, 0.717) is 35.7 Å². The lowest BCUT2D eigenvalue weighted by molar-refractivity contribution is 0.0947. The lowest BCUT2D eigenvalue weighted by atomic mass is 10.1. The number of rotatable bonds is 5. The van der Waals surface area contributed by atoms with Crippen LogP contribution in [0.3, 0.4) is 0 Å². The number of nitrogens with zero attached hydrogens (tertiary/aromatic N) is 3. The minimum atomic E-state index is -0.448. The molecule has 3 heterocycles. The smallest absolute Gasteiger partial charge is 0.263 e. The molecule has 0 aliphatic carbocycles. The first-order valence-corrected chi connectivity index (χ1v) is 10.1. The van der Waals surface area contributed by atoms with Crippen molar-refractivity contribution in [2.24, 2.45) is 7.05 Å². The number of ether oxygens (including phenoxy) is 1. The number of fused-ring (bicyclic) bond motifs is 1. The predicted octanol–water partition coefficient (Wildman–Crippen LogP) is 2.28. The number of hydrogen-bond donors (Lipinski definition) is 2. The van der Waals surface area contributed by atoms with E-state index in [-0.39, 0.29) is 23.8 Å². The SMILES string of the molecule is Cc1cc(C)n(CC2CCCO2)c(=O)c1C(=O)Nc1ccc2c(c1)nc(CO)n2C. The maximum Gasteiger partial charge on any atom is 0.263 e. The Labute approximate surface area is 174 Å². The van der Waals surface area contributed by atoms with Crippen molar-refractivity contribution >= 4 is 22.6 Å². The van der Waals surface area contributed by atoms with Gasteiger partial charge in [-0.2, -0.15) is 0 Å². The Morgan fingerprint density at radius 1 is 1.33 bits per heavy atom. The number of aromatic nitrogens is 3. The van der Waals surface area contributed by atoms with Crippen LogP contribution in [0.25, 0.3) is 11.0 Å². The first-order chi connectivity index (χ1) is 14.4. The van der Waals surface area contributed by atoms with E-state index in [1.807, 2.05) is 26.1 Å². The number of hydrogen-bond acceptors (Lipinski definition) is 5. The minimum absolute atomic E-state index is 0.00676. The molecule has 0 spiro atoms. The molecule has 0 saturated carbocycles. The number of pyridine rings is 1. The highest BCUT2D eigenvalue weighted by molar-refractivity contribution is 6.05. The van der Waals surface area contributed by atoms with Crippen LogP contribution in [0.2, 0.25) is 0 Å². The monoisotopic (exact) mass is 410 g/mol. The molecule has 8 heteroatoms. The van der Waals surface area contributed by atoms with Gasteiger partial charge < -0.3 is 24.3 Å². The molecule has 1 amide bonds. The van der Waals surface area contributed by atoms with Crippen LogP contribution in [0.1, 0.15) is 40.3 Å². The third kappa shape index (κ3) is 3.64. The van der Waals surface area contributed by atoms with Crippen molar-refractivity contribution in [1.29, 1.82) is 0 Å². The molecular formula is C22H26N4O4. The molecule has 3 aromatic rings. The summed E-state index contributed by atoms with van der Waals surface area (Å²) in [5, 5.41) is 12.2. The number of amides is 1. The second-order valence-electron chi connectivity index (χ2n) is 7.80. The topological polar surface area (TPSA) is 98.4 Å². The van der Waals surface area contributed by atoms with Crippen LogP contribution in [0, 0.1) is 13.8 Å². The number of anilines is 1. The molecule has 4 rings (SSSR count). The van der Waals surface area contributed by atoms with Crippen molar-refractivity contribution in [2.45, 2.75) is 45.9 Å². The Balaban J connectivity index is 1.64. The summed E-state index contributed by atoms with van der Waals surface area (Å²) in [6, 6.07) is 7.19. The van der Waals surface area contributed by atoms with Crippen LogP contribution in [-0.2, 0) is 24.9 Å². The van der Waals surface area contributed by atoms with Gasteiger partial charge in [-0.15, -0.1) is 0 Å². The summed E-state index contributed by atoms with van der Waals surface area (Å²) in [6.07, 6.45) is 1.92. The van der Waals surface area contributed by atoms with E-state index in [1.165, 1.54) is 0 Å². The van der Waals surface area contributed by atoms with E-state index >= 15 is 0 Å². The van der Waals surface area contributed by atoms with Crippen LogP contribution in [-0.4, -0.2) is 37.8 Å². The number of aryl methyl sites for hydroxylation is 3. The Kier molecular flexibility index (Phi) is 5.44. The molecule has 0 bridgehead atoms. The van der Waals surface area contributed by atoms with Crippen molar-refractivity contribution in [3.8, 4) is 0 Å². The van der Waals surface area contributed by atoms with Gasteiger partial charge >= 0.3 is 0 Å². The Morgan fingerprint density at radius 2 is 2.13 bits per heavy atom. The van der Waals surface area contributed by atoms with E-state index in [2.05, 4.69) is 10.3 Å². The van der Waals surface area contributed by atoms with E-state index < -0.39 is 5.91 Å². The summed E-state index contributed by atoms with van der Waals surface area (Å²) in [5.74, 6) is 0.0936. The summed E-state index contributed by atoms with van der Waals surface area (Å²) >= 11 is 0. The van der Waals surface area contributed by atoms with Gasteiger partial charge in [-0.05, 0) is 56.5 Å². The van der Waals surface area contributed by atoms with Gasteiger partial charge in [0.2, 0.25) is 0 Å². The van der Waals surface area contributed by atoms with Gasteiger partial charge in [-0.1, -0.05) is 0 Å². The standard InChI is InChI=1S/C22H26N4O4/c1-13-9-14(2)26(11-16-5-4-8-30-16)22(29)20(13)21(28)23-15-6-7-18-17(10-15)24-19(12-27)25(18)3/h6-7,9-10,16,27H,4-5,8,11-12H2,1-3H3,(H,23,28). The van der Waals surface area contributed by atoms with Crippen LogP contribution in [0.15, 0.2) is 29.1 Å². The molecule has 8 nitrogen and oxygen atoms in total. The highest BCUT2D eigenvalue weighted by Gasteiger charge is 2.22. The average molecular weight is 410 g/mol. The molecule has 2 N–H and O–H groups in total. The molecule has 158 valence electrons. The number of benzene rings is 1. The quantitative estimate of drug-likeness (QED) is 0.672. The van der Waals surface area contributed by atoms with Crippen molar-refractivity contribution in [2.75, 3.05) is 11.9 Å². The molecule has 1 saturated heterocycles. The van der Waals surface area contributed by atoms with E-state index in [1.54, 1.807) is 28.2 Å². The predicted molar refractivity (Wildman–Crippen MR) is 114 cm³/mol. The summed E-state index contributed by atoms with van der Waals surface area (Å²) in [4.78, 5) is 30.5. The lowest BCUT2D eigenvalue weighted by Gasteiger charge is -2.17.